The summed E-state index contributed by atoms with van der Waals surface area (Å²) in [6.07, 6.45) is 0. The van der Waals surface area contributed by atoms with Gasteiger partial charge in [0.2, 0.25) is 11.8 Å². The van der Waals surface area contributed by atoms with Crippen LogP contribution in [0, 0.1) is 11.8 Å². The van der Waals surface area contributed by atoms with Crippen LogP contribution in [0.25, 0.3) is 0 Å². The largest absolute Gasteiger partial charge is 0.283 e. The number of nitrogens with zero attached hydrogens (tertiary/aromatic N) is 2. The number of benzene rings is 2. The lowest BCUT2D eigenvalue weighted by molar-refractivity contribution is -0.124. The zero-order chi connectivity index (χ0) is 18.8. The highest BCUT2D eigenvalue weighted by Crippen LogP contribution is 2.63. The van der Waals surface area contributed by atoms with Crippen molar-refractivity contribution in [3.8, 4) is 0 Å². The number of imide groups is 1. The second kappa shape index (κ2) is 5.87. The second-order valence-electron chi connectivity index (χ2n) is 7.73. The molecule has 4 heterocycles. The van der Waals surface area contributed by atoms with E-state index in [0.29, 0.717) is 5.69 Å². The van der Waals surface area contributed by atoms with Gasteiger partial charge in [-0.25, -0.2) is 4.90 Å². The maximum absolute atomic E-state index is 13.4. The number of thiophene rings is 1. The van der Waals surface area contributed by atoms with Crippen LogP contribution in [-0.2, 0) is 16.1 Å². The number of anilines is 1. The van der Waals surface area contributed by atoms with E-state index in [2.05, 4.69) is 27.8 Å². The summed E-state index contributed by atoms with van der Waals surface area (Å²) in [7, 11) is 0. The van der Waals surface area contributed by atoms with Crippen LogP contribution >= 0.6 is 11.3 Å². The monoisotopic (exact) mass is 386 g/mol. The van der Waals surface area contributed by atoms with E-state index in [-0.39, 0.29) is 35.7 Å². The first-order chi connectivity index (χ1) is 13.8. The van der Waals surface area contributed by atoms with Crippen molar-refractivity contribution in [3.63, 3.8) is 0 Å². The van der Waals surface area contributed by atoms with Crippen molar-refractivity contribution >= 4 is 28.8 Å². The molecule has 0 N–H and O–H groups in total. The van der Waals surface area contributed by atoms with Crippen molar-refractivity contribution in [2.45, 2.75) is 18.6 Å². The van der Waals surface area contributed by atoms with Crippen molar-refractivity contribution < 1.29 is 9.59 Å². The molecular formula is C23H18N2O2S. The quantitative estimate of drug-likeness (QED) is 0.635. The maximum atomic E-state index is 13.4. The molecule has 2 bridgehead atoms. The summed E-state index contributed by atoms with van der Waals surface area (Å²) in [6, 6.07) is 19.6. The van der Waals surface area contributed by atoms with Gasteiger partial charge in [0.25, 0.3) is 0 Å². The molecule has 0 radical (unpaired) electrons. The molecule has 2 amide bonds. The van der Waals surface area contributed by atoms with Crippen LogP contribution in [0.1, 0.15) is 28.8 Å². The SMILES string of the molecule is O=C1[C@@H]2[C@H](C(=O)N1c1ccccc1)[C@@H]1c3cscc3[C@H]2N1Cc1ccccc1. The van der Waals surface area contributed by atoms with Crippen LogP contribution in [0.2, 0.25) is 0 Å². The molecule has 3 aliphatic rings. The van der Waals surface area contributed by atoms with Gasteiger partial charge in [-0.05, 0) is 39.6 Å². The first-order valence-electron chi connectivity index (χ1n) is 9.54. The first kappa shape index (κ1) is 16.2. The van der Waals surface area contributed by atoms with Gasteiger partial charge in [0.1, 0.15) is 0 Å². The van der Waals surface area contributed by atoms with Crippen LogP contribution in [-0.4, -0.2) is 16.7 Å². The van der Waals surface area contributed by atoms with Gasteiger partial charge in [0.15, 0.2) is 0 Å². The van der Waals surface area contributed by atoms with Crippen molar-refractivity contribution in [2.24, 2.45) is 11.8 Å². The van der Waals surface area contributed by atoms with Gasteiger partial charge < -0.3 is 0 Å². The van der Waals surface area contributed by atoms with Gasteiger partial charge in [0.05, 0.1) is 17.5 Å². The highest BCUT2D eigenvalue weighted by molar-refractivity contribution is 7.08. The summed E-state index contributed by atoms with van der Waals surface area (Å²) in [5.74, 6) is -0.681. The molecule has 0 saturated carbocycles. The van der Waals surface area contributed by atoms with Crippen LogP contribution in [0.15, 0.2) is 71.4 Å². The Morgan fingerprint density at radius 1 is 0.750 bits per heavy atom. The van der Waals surface area contributed by atoms with E-state index in [4.69, 9.17) is 0 Å². The zero-order valence-electron chi connectivity index (χ0n) is 15.1. The van der Waals surface area contributed by atoms with Gasteiger partial charge in [-0.1, -0.05) is 48.5 Å². The molecule has 2 saturated heterocycles. The minimum absolute atomic E-state index is 0.0124. The van der Waals surface area contributed by atoms with E-state index in [0.717, 1.165) is 6.54 Å². The summed E-state index contributed by atoms with van der Waals surface area (Å²) in [5, 5.41) is 4.33. The predicted octanol–water partition coefficient (Wildman–Crippen LogP) is 4.17. The lowest BCUT2D eigenvalue weighted by atomic mass is 9.79. The van der Waals surface area contributed by atoms with Gasteiger partial charge in [-0.15, -0.1) is 0 Å². The third kappa shape index (κ3) is 2.03. The molecule has 4 atom stereocenters. The fourth-order valence-corrected chi connectivity index (χ4v) is 6.24. The molecule has 4 nitrogen and oxygen atoms in total. The van der Waals surface area contributed by atoms with E-state index in [1.807, 2.05) is 48.5 Å². The minimum atomic E-state index is -0.288. The lowest BCUT2D eigenvalue weighted by Gasteiger charge is -2.27. The number of rotatable bonds is 3. The summed E-state index contributed by atoms with van der Waals surface area (Å²) in [6.45, 7) is 0.758. The lowest BCUT2D eigenvalue weighted by Crippen LogP contribution is -2.36. The predicted molar refractivity (Wildman–Crippen MR) is 108 cm³/mol. The number of hydrogen-bond donors (Lipinski definition) is 0. The molecule has 1 aromatic heterocycles. The van der Waals surface area contributed by atoms with Crippen molar-refractivity contribution in [2.75, 3.05) is 4.90 Å². The molecule has 6 rings (SSSR count). The van der Waals surface area contributed by atoms with Crippen molar-refractivity contribution in [3.05, 3.63) is 88.1 Å². The molecule has 5 heteroatoms. The zero-order valence-corrected chi connectivity index (χ0v) is 15.9. The molecule has 28 heavy (non-hydrogen) atoms. The second-order valence-corrected chi connectivity index (χ2v) is 8.47. The standard InChI is InChI=1S/C23H18N2O2S/c26-22-18-19(23(27)25(22)15-9-5-2-6-10-15)21-17-13-28-12-16(17)20(18)24(21)11-14-7-3-1-4-8-14/h1-10,12-13,18-21H,11H2/t18-,19+,20-,21+. The van der Waals surface area contributed by atoms with Crippen LogP contribution in [0.3, 0.4) is 0 Å². The Morgan fingerprint density at radius 2 is 1.29 bits per heavy atom. The van der Waals surface area contributed by atoms with Crippen molar-refractivity contribution in [1.82, 2.24) is 4.90 Å². The Labute approximate surface area is 167 Å². The first-order valence-corrected chi connectivity index (χ1v) is 10.5. The van der Waals surface area contributed by atoms with Crippen molar-refractivity contribution in [1.29, 1.82) is 0 Å². The van der Waals surface area contributed by atoms with Gasteiger partial charge >= 0.3 is 0 Å². The van der Waals surface area contributed by atoms with E-state index in [1.54, 1.807) is 11.3 Å². The fourth-order valence-electron chi connectivity index (χ4n) is 5.33. The number of para-hydroxylation sites is 1. The minimum Gasteiger partial charge on any atom is -0.283 e. The average molecular weight is 386 g/mol. The number of amides is 2. The maximum Gasteiger partial charge on any atom is 0.239 e. The fraction of sp³-hybridized carbons (Fsp3) is 0.217. The van der Waals surface area contributed by atoms with Gasteiger partial charge in [-0.3, -0.25) is 14.5 Å². The third-order valence-corrected chi connectivity index (χ3v) is 7.16. The summed E-state index contributed by atoms with van der Waals surface area (Å²) in [5.41, 5.74) is 4.38. The Balaban J connectivity index is 1.42. The smallest absolute Gasteiger partial charge is 0.239 e. The highest BCUT2D eigenvalue weighted by Gasteiger charge is 2.66. The molecule has 0 spiro atoms. The summed E-state index contributed by atoms with van der Waals surface area (Å²) < 4.78 is 0. The number of carbonyl (C=O) groups is 2. The molecule has 0 unspecified atom stereocenters. The Morgan fingerprint density at radius 3 is 1.86 bits per heavy atom. The summed E-state index contributed by atoms with van der Waals surface area (Å²) >= 11 is 1.67. The van der Waals surface area contributed by atoms with Crippen LogP contribution in [0.5, 0.6) is 0 Å². The highest BCUT2D eigenvalue weighted by atomic mass is 32.1. The van der Waals surface area contributed by atoms with Crippen LogP contribution < -0.4 is 4.90 Å². The Bertz CT molecular complexity index is 1030. The Hall–Kier alpha value is -2.76. The summed E-state index contributed by atoms with van der Waals surface area (Å²) in [4.78, 5) is 30.6. The molecule has 3 aromatic rings. The van der Waals surface area contributed by atoms with Gasteiger partial charge in [-0.2, -0.15) is 11.3 Å². The van der Waals surface area contributed by atoms with E-state index in [9.17, 15) is 9.59 Å². The van der Waals surface area contributed by atoms with Crippen LogP contribution in [0.4, 0.5) is 5.69 Å². The third-order valence-electron chi connectivity index (χ3n) is 6.38. The normalized spacial score (nSPS) is 28.1. The topological polar surface area (TPSA) is 40.6 Å². The van der Waals surface area contributed by atoms with E-state index >= 15 is 0 Å². The molecule has 0 aliphatic carbocycles. The molecule has 2 fully saturated rings. The molecular weight excluding hydrogens is 368 g/mol. The molecule has 2 aromatic carbocycles. The Kier molecular flexibility index (Phi) is 3.40. The van der Waals surface area contributed by atoms with E-state index < -0.39 is 0 Å². The molecule has 3 aliphatic heterocycles. The molecule has 138 valence electrons. The number of carbonyl (C=O) groups excluding carboxylic acids is 2. The van der Waals surface area contributed by atoms with E-state index in [1.165, 1.54) is 21.6 Å². The van der Waals surface area contributed by atoms with Gasteiger partial charge in [0, 0.05) is 18.6 Å². The average Bonchev–Trinajstić information content (AvgIpc) is 3.44. The number of hydrogen-bond acceptors (Lipinski definition) is 4. The number of fused-ring (bicyclic) bond motifs is 8.